The number of halogens is 2. The van der Waals surface area contributed by atoms with E-state index in [1.54, 1.807) is 0 Å². The van der Waals surface area contributed by atoms with Crippen LogP contribution in [0.15, 0.2) is 28.7 Å². The number of hydrogen-bond acceptors (Lipinski definition) is 3. The zero-order valence-electron chi connectivity index (χ0n) is 12.4. The van der Waals surface area contributed by atoms with Crippen molar-refractivity contribution in [3.63, 3.8) is 0 Å². The third-order valence-electron chi connectivity index (χ3n) is 3.03. The molecule has 5 heteroatoms. The third kappa shape index (κ3) is 4.48. The van der Waals surface area contributed by atoms with Gasteiger partial charge in [0.15, 0.2) is 0 Å². The molecule has 1 N–H and O–H groups in total. The molecule has 0 saturated carbocycles. The van der Waals surface area contributed by atoms with Gasteiger partial charge in [-0.2, -0.15) is 0 Å². The van der Waals surface area contributed by atoms with Crippen molar-refractivity contribution in [3.05, 3.63) is 52.2 Å². The molecule has 0 spiro atoms. The van der Waals surface area contributed by atoms with Gasteiger partial charge in [0.25, 0.3) is 0 Å². The Labute approximate surface area is 129 Å². The largest absolute Gasteiger partial charge is 0.487 e. The molecule has 2 rings (SSSR count). The summed E-state index contributed by atoms with van der Waals surface area (Å²) in [5, 5.41) is 3.56. The highest BCUT2D eigenvalue weighted by molar-refractivity contribution is 6.32. The number of furan rings is 1. The lowest BCUT2D eigenvalue weighted by molar-refractivity contribution is 0.302. The monoisotopic (exact) mass is 311 g/mol. The van der Waals surface area contributed by atoms with E-state index in [0.29, 0.717) is 24.9 Å². The molecule has 0 aliphatic heterocycles. The maximum absolute atomic E-state index is 13.0. The van der Waals surface area contributed by atoms with Gasteiger partial charge in [-0.15, -0.1) is 0 Å². The molecule has 0 unspecified atom stereocenters. The first-order valence-corrected chi connectivity index (χ1v) is 7.23. The van der Waals surface area contributed by atoms with Crippen LogP contribution in [0.25, 0.3) is 0 Å². The second-order valence-electron chi connectivity index (χ2n) is 5.19. The van der Waals surface area contributed by atoms with Gasteiger partial charge >= 0.3 is 0 Å². The van der Waals surface area contributed by atoms with Crippen LogP contribution in [0.4, 0.5) is 4.39 Å². The maximum atomic E-state index is 13.0. The Morgan fingerprint density at radius 3 is 2.76 bits per heavy atom. The van der Waals surface area contributed by atoms with E-state index in [9.17, 15) is 4.39 Å². The van der Waals surface area contributed by atoms with Gasteiger partial charge in [0.05, 0.1) is 11.6 Å². The normalized spacial score (nSPS) is 11.1. The Morgan fingerprint density at radius 1 is 1.33 bits per heavy atom. The molecule has 0 radical (unpaired) electrons. The molecule has 0 fully saturated rings. The van der Waals surface area contributed by atoms with Crippen molar-refractivity contribution in [2.75, 3.05) is 0 Å². The standard InChI is InChI=1S/C16H19ClFNO2/c1-10(2)19-8-14-6-12(11(3)21-14)9-20-16-5-4-13(18)7-15(16)17/h4-7,10,19H,8-9H2,1-3H3. The van der Waals surface area contributed by atoms with Crippen LogP contribution in [0.3, 0.4) is 0 Å². The minimum Gasteiger partial charge on any atom is -0.487 e. The summed E-state index contributed by atoms with van der Waals surface area (Å²) in [6.07, 6.45) is 0. The quantitative estimate of drug-likeness (QED) is 0.855. The molecular weight excluding hydrogens is 293 g/mol. The topological polar surface area (TPSA) is 34.4 Å². The van der Waals surface area contributed by atoms with E-state index in [-0.39, 0.29) is 10.8 Å². The van der Waals surface area contributed by atoms with Crippen LogP contribution in [0.2, 0.25) is 5.02 Å². The average Bonchev–Trinajstić information content (AvgIpc) is 2.76. The predicted octanol–water partition coefficient (Wildman–Crippen LogP) is 4.46. The van der Waals surface area contributed by atoms with E-state index in [0.717, 1.165) is 17.1 Å². The SMILES string of the molecule is Cc1oc(CNC(C)C)cc1COc1ccc(F)cc1Cl. The molecular formula is C16H19ClFNO2. The minimum absolute atomic E-state index is 0.262. The molecule has 3 nitrogen and oxygen atoms in total. The molecule has 1 aromatic heterocycles. The fourth-order valence-electron chi connectivity index (χ4n) is 1.87. The van der Waals surface area contributed by atoms with Crippen LogP contribution in [-0.2, 0) is 13.2 Å². The van der Waals surface area contributed by atoms with Crippen LogP contribution in [-0.4, -0.2) is 6.04 Å². The number of ether oxygens (including phenoxy) is 1. The van der Waals surface area contributed by atoms with Gasteiger partial charge in [0.1, 0.15) is 29.7 Å². The molecule has 0 atom stereocenters. The number of nitrogens with one attached hydrogen (secondary N) is 1. The third-order valence-corrected chi connectivity index (χ3v) is 3.33. The van der Waals surface area contributed by atoms with Gasteiger partial charge in [-0.3, -0.25) is 0 Å². The van der Waals surface area contributed by atoms with Crippen molar-refractivity contribution in [1.82, 2.24) is 5.32 Å². The lowest BCUT2D eigenvalue weighted by Gasteiger charge is -2.07. The molecule has 1 aromatic carbocycles. The van der Waals surface area contributed by atoms with Crippen LogP contribution in [0.5, 0.6) is 5.75 Å². The van der Waals surface area contributed by atoms with Crippen LogP contribution >= 0.6 is 11.6 Å². The summed E-state index contributed by atoms with van der Waals surface area (Å²) in [4.78, 5) is 0. The van der Waals surface area contributed by atoms with Crippen LogP contribution < -0.4 is 10.1 Å². The second kappa shape index (κ2) is 6.96. The summed E-state index contributed by atoms with van der Waals surface area (Å²) in [5.41, 5.74) is 0.955. The summed E-state index contributed by atoms with van der Waals surface area (Å²) in [6, 6.07) is 6.43. The minimum atomic E-state index is -0.381. The number of rotatable bonds is 6. The highest BCUT2D eigenvalue weighted by atomic mass is 35.5. The summed E-state index contributed by atoms with van der Waals surface area (Å²) in [7, 11) is 0. The van der Waals surface area contributed by atoms with Gasteiger partial charge in [-0.1, -0.05) is 25.4 Å². The van der Waals surface area contributed by atoms with E-state index in [1.807, 2.05) is 13.0 Å². The summed E-state index contributed by atoms with van der Waals surface area (Å²) < 4.78 is 24.3. The zero-order valence-corrected chi connectivity index (χ0v) is 13.1. The maximum Gasteiger partial charge on any atom is 0.138 e. The van der Waals surface area contributed by atoms with E-state index in [2.05, 4.69) is 19.2 Å². The molecule has 114 valence electrons. The Balaban J connectivity index is 1.99. The zero-order chi connectivity index (χ0) is 15.4. The van der Waals surface area contributed by atoms with Crippen molar-refractivity contribution in [2.24, 2.45) is 0 Å². The number of hydrogen-bond donors (Lipinski definition) is 1. The molecule has 21 heavy (non-hydrogen) atoms. The Kier molecular flexibility index (Phi) is 5.26. The molecule has 0 saturated heterocycles. The summed E-state index contributed by atoms with van der Waals surface area (Å²) in [5.74, 6) is 1.76. The average molecular weight is 312 g/mol. The smallest absolute Gasteiger partial charge is 0.138 e. The van der Waals surface area contributed by atoms with E-state index in [1.165, 1.54) is 18.2 Å². The highest BCUT2D eigenvalue weighted by Crippen LogP contribution is 2.26. The summed E-state index contributed by atoms with van der Waals surface area (Å²) in [6.45, 7) is 7.06. The van der Waals surface area contributed by atoms with Gasteiger partial charge < -0.3 is 14.5 Å². The van der Waals surface area contributed by atoms with Crippen LogP contribution in [0, 0.1) is 12.7 Å². The lowest BCUT2D eigenvalue weighted by atomic mass is 10.2. The molecule has 2 aromatic rings. The molecule has 1 heterocycles. The van der Waals surface area contributed by atoms with Crippen molar-refractivity contribution >= 4 is 11.6 Å². The van der Waals surface area contributed by atoms with Crippen molar-refractivity contribution in [3.8, 4) is 5.75 Å². The second-order valence-corrected chi connectivity index (χ2v) is 5.60. The fourth-order valence-corrected chi connectivity index (χ4v) is 2.09. The first kappa shape index (κ1) is 15.9. The fraction of sp³-hybridized carbons (Fsp3) is 0.375. The molecule has 0 aliphatic rings. The molecule has 0 bridgehead atoms. The Hall–Kier alpha value is -1.52. The highest BCUT2D eigenvalue weighted by Gasteiger charge is 2.10. The molecule has 0 aliphatic carbocycles. The van der Waals surface area contributed by atoms with Gasteiger partial charge in [0, 0.05) is 11.6 Å². The Bertz CT molecular complexity index is 610. The number of benzene rings is 1. The van der Waals surface area contributed by atoms with E-state index in [4.69, 9.17) is 20.8 Å². The van der Waals surface area contributed by atoms with Crippen LogP contribution in [0.1, 0.15) is 30.9 Å². The van der Waals surface area contributed by atoms with E-state index >= 15 is 0 Å². The van der Waals surface area contributed by atoms with E-state index < -0.39 is 0 Å². The van der Waals surface area contributed by atoms with Gasteiger partial charge in [0.2, 0.25) is 0 Å². The van der Waals surface area contributed by atoms with Gasteiger partial charge in [-0.05, 0) is 31.2 Å². The first-order chi connectivity index (χ1) is 9.95. The van der Waals surface area contributed by atoms with Crippen molar-refractivity contribution < 1.29 is 13.5 Å². The Morgan fingerprint density at radius 2 is 2.10 bits per heavy atom. The van der Waals surface area contributed by atoms with Crippen molar-refractivity contribution in [2.45, 2.75) is 40.0 Å². The molecule has 0 amide bonds. The first-order valence-electron chi connectivity index (χ1n) is 6.85. The number of aryl methyl sites for hydroxylation is 1. The van der Waals surface area contributed by atoms with Gasteiger partial charge in [-0.25, -0.2) is 4.39 Å². The predicted molar refractivity (Wildman–Crippen MR) is 81.2 cm³/mol. The van der Waals surface area contributed by atoms with Crippen molar-refractivity contribution in [1.29, 1.82) is 0 Å². The lowest BCUT2D eigenvalue weighted by Crippen LogP contribution is -2.21. The summed E-state index contributed by atoms with van der Waals surface area (Å²) >= 11 is 5.93.